The van der Waals surface area contributed by atoms with Gasteiger partial charge in [-0.1, -0.05) is 24.3 Å². The Hall–Kier alpha value is -1.59. The predicted molar refractivity (Wildman–Crippen MR) is 85.4 cm³/mol. The van der Waals surface area contributed by atoms with Crippen molar-refractivity contribution >= 4 is 6.03 Å². The molecule has 0 bridgehead atoms. The Bertz CT molecular complexity index is 491. The van der Waals surface area contributed by atoms with Crippen molar-refractivity contribution < 1.29 is 14.6 Å². The van der Waals surface area contributed by atoms with E-state index in [0.717, 1.165) is 30.5 Å². The molecule has 2 atom stereocenters. The standard InChI is InChI=1S/C17H26N2O3/c1-13(20)16-7-4-8-19(11-16)17(21)18-10-14-5-3-6-15(9-14)12-22-2/h3,5-6,9,13,16,20H,4,7-8,10-12H2,1-2H3,(H,18,21). The van der Waals surface area contributed by atoms with E-state index in [4.69, 9.17) is 4.74 Å². The molecule has 2 rings (SSSR count). The summed E-state index contributed by atoms with van der Waals surface area (Å²) >= 11 is 0. The fraction of sp³-hybridized carbons (Fsp3) is 0.588. The van der Waals surface area contributed by atoms with Crippen LogP contribution in [0.15, 0.2) is 24.3 Å². The van der Waals surface area contributed by atoms with Crippen LogP contribution < -0.4 is 5.32 Å². The SMILES string of the molecule is COCc1cccc(CNC(=O)N2CCCC(C(C)O)C2)c1. The van der Waals surface area contributed by atoms with Crippen LogP contribution in [0.5, 0.6) is 0 Å². The van der Waals surface area contributed by atoms with Gasteiger partial charge in [-0.15, -0.1) is 0 Å². The molecule has 1 saturated heterocycles. The molecular weight excluding hydrogens is 280 g/mol. The number of aliphatic hydroxyl groups excluding tert-OH is 1. The maximum absolute atomic E-state index is 12.3. The van der Waals surface area contributed by atoms with E-state index in [1.165, 1.54) is 0 Å². The van der Waals surface area contributed by atoms with E-state index < -0.39 is 0 Å². The van der Waals surface area contributed by atoms with Crippen LogP contribution in [-0.2, 0) is 17.9 Å². The van der Waals surface area contributed by atoms with Gasteiger partial charge >= 0.3 is 6.03 Å². The zero-order chi connectivity index (χ0) is 15.9. The average molecular weight is 306 g/mol. The maximum atomic E-state index is 12.3. The van der Waals surface area contributed by atoms with Crippen LogP contribution in [0.2, 0.25) is 0 Å². The molecule has 1 aliphatic heterocycles. The smallest absolute Gasteiger partial charge is 0.317 e. The number of ether oxygens (including phenoxy) is 1. The second-order valence-corrected chi connectivity index (χ2v) is 6.00. The fourth-order valence-electron chi connectivity index (χ4n) is 2.87. The van der Waals surface area contributed by atoms with E-state index in [0.29, 0.717) is 19.7 Å². The van der Waals surface area contributed by atoms with Crippen molar-refractivity contribution in [1.82, 2.24) is 10.2 Å². The summed E-state index contributed by atoms with van der Waals surface area (Å²) in [6, 6.07) is 7.96. The molecule has 2 N–H and O–H groups in total. The van der Waals surface area contributed by atoms with E-state index in [1.807, 2.05) is 24.3 Å². The van der Waals surface area contributed by atoms with Gasteiger partial charge in [0.2, 0.25) is 0 Å². The van der Waals surface area contributed by atoms with Crippen LogP contribution in [0.4, 0.5) is 4.79 Å². The number of hydrogen-bond donors (Lipinski definition) is 2. The van der Waals surface area contributed by atoms with Gasteiger partial charge in [0.15, 0.2) is 0 Å². The molecule has 0 saturated carbocycles. The fourth-order valence-corrected chi connectivity index (χ4v) is 2.87. The molecule has 2 unspecified atom stereocenters. The number of nitrogens with one attached hydrogen (secondary N) is 1. The highest BCUT2D eigenvalue weighted by Gasteiger charge is 2.26. The van der Waals surface area contributed by atoms with Crippen molar-refractivity contribution in [2.24, 2.45) is 5.92 Å². The largest absolute Gasteiger partial charge is 0.393 e. The van der Waals surface area contributed by atoms with Crippen LogP contribution in [0.3, 0.4) is 0 Å². The first-order valence-corrected chi connectivity index (χ1v) is 7.87. The second kappa shape index (κ2) is 8.15. The van der Waals surface area contributed by atoms with Crippen molar-refractivity contribution in [3.8, 4) is 0 Å². The van der Waals surface area contributed by atoms with E-state index >= 15 is 0 Å². The monoisotopic (exact) mass is 306 g/mol. The van der Waals surface area contributed by atoms with Gasteiger partial charge in [0, 0.05) is 32.7 Å². The van der Waals surface area contributed by atoms with Crippen molar-refractivity contribution in [1.29, 1.82) is 0 Å². The molecule has 1 aliphatic rings. The number of carbonyl (C=O) groups excluding carboxylic acids is 1. The quantitative estimate of drug-likeness (QED) is 0.876. The number of likely N-dealkylation sites (tertiary alicyclic amines) is 1. The molecule has 22 heavy (non-hydrogen) atoms. The number of amides is 2. The minimum absolute atomic E-state index is 0.0532. The number of nitrogens with zero attached hydrogens (tertiary/aromatic N) is 1. The average Bonchev–Trinajstić information content (AvgIpc) is 2.53. The lowest BCUT2D eigenvalue weighted by Crippen LogP contribution is -2.47. The Kier molecular flexibility index (Phi) is 6.21. The Morgan fingerprint density at radius 1 is 1.50 bits per heavy atom. The molecule has 5 nitrogen and oxygen atoms in total. The minimum atomic E-state index is -0.360. The van der Waals surface area contributed by atoms with Gasteiger partial charge in [-0.25, -0.2) is 4.79 Å². The van der Waals surface area contributed by atoms with Crippen LogP contribution in [0, 0.1) is 5.92 Å². The third kappa shape index (κ3) is 4.71. The summed E-state index contributed by atoms with van der Waals surface area (Å²) in [5.41, 5.74) is 2.16. The minimum Gasteiger partial charge on any atom is -0.393 e. The zero-order valence-corrected chi connectivity index (χ0v) is 13.4. The molecule has 1 fully saturated rings. The molecular formula is C17H26N2O3. The number of carbonyl (C=O) groups is 1. The number of rotatable bonds is 5. The summed E-state index contributed by atoms with van der Waals surface area (Å²) in [5.74, 6) is 0.185. The number of methoxy groups -OCH3 is 1. The number of aliphatic hydroxyl groups is 1. The number of piperidine rings is 1. The molecule has 0 aliphatic carbocycles. The predicted octanol–water partition coefficient (Wildman–Crippen LogP) is 2.14. The molecule has 1 heterocycles. The Labute approximate surface area is 132 Å². The molecule has 122 valence electrons. The van der Waals surface area contributed by atoms with E-state index in [-0.39, 0.29) is 18.1 Å². The lowest BCUT2D eigenvalue weighted by atomic mass is 9.94. The van der Waals surface area contributed by atoms with Gasteiger partial charge in [0.25, 0.3) is 0 Å². The van der Waals surface area contributed by atoms with Crippen LogP contribution in [-0.4, -0.2) is 42.3 Å². The van der Waals surface area contributed by atoms with Gasteiger partial charge in [-0.05, 0) is 30.9 Å². The van der Waals surface area contributed by atoms with Gasteiger partial charge in [0.05, 0.1) is 12.7 Å². The molecule has 0 aromatic heterocycles. The first-order chi connectivity index (χ1) is 10.6. The van der Waals surface area contributed by atoms with E-state index in [2.05, 4.69) is 5.32 Å². The number of urea groups is 1. The highest BCUT2D eigenvalue weighted by atomic mass is 16.5. The highest BCUT2D eigenvalue weighted by Crippen LogP contribution is 2.19. The first kappa shape index (κ1) is 16.8. The Morgan fingerprint density at radius 2 is 2.27 bits per heavy atom. The topological polar surface area (TPSA) is 61.8 Å². The second-order valence-electron chi connectivity index (χ2n) is 6.00. The number of benzene rings is 1. The Balaban J connectivity index is 1.85. The molecule has 0 radical (unpaired) electrons. The summed E-state index contributed by atoms with van der Waals surface area (Å²) in [6.45, 7) is 4.27. The third-order valence-electron chi connectivity index (χ3n) is 4.17. The molecule has 1 aromatic rings. The zero-order valence-electron chi connectivity index (χ0n) is 13.4. The van der Waals surface area contributed by atoms with Crippen molar-refractivity contribution in [2.45, 2.75) is 39.0 Å². The van der Waals surface area contributed by atoms with Crippen molar-refractivity contribution in [3.63, 3.8) is 0 Å². The summed E-state index contributed by atoms with van der Waals surface area (Å²) in [7, 11) is 1.67. The number of hydrogen-bond acceptors (Lipinski definition) is 3. The summed E-state index contributed by atoms with van der Waals surface area (Å²) < 4.78 is 5.12. The molecule has 2 amide bonds. The van der Waals surface area contributed by atoms with E-state index in [1.54, 1.807) is 18.9 Å². The van der Waals surface area contributed by atoms with Gasteiger partial charge in [-0.2, -0.15) is 0 Å². The molecule has 5 heteroatoms. The lowest BCUT2D eigenvalue weighted by Gasteiger charge is -2.34. The maximum Gasteiger partial charge on any atom is 0.317 e. The first-order valence-electron chi connectivity index (χ1n) is 7.87. The van der Waals surface area contributed by atoms with Gasteiger partial charge in [-0.3, -0.25) is 0 Å². The van der Waals surface area contributed by atoms with Crippen LogP contribution >= 0.6 is 0 Å². The van der Waals surface area contributed by atoms with Crippen molar-refractivity contribution in [2.75, 3.05) is 20.2 Å². The van der Waals surface area contributed by atoms with Crippen molar-refractivity contribution in [3.05, 3.63) is 35.4 Å². The molecule has 1 aromatic carbocycles. The van der Waals surface area contributed by atoms with Gasteiger partial charge in [0.1, 0.15) is 0 Å². The summed E-state index contributed by atoms with van der Waals surface area (Å²) in [4.78, 5) is 14.1. The Morgan fingerprint density at radius 3 is 3.00 bits per heavy atom. The van der Waals surface area contributed by atoms with Crippen LogP contribution in [0.1, 0.15) is 30.9 Å². The van der Waals surface area contributed by atoms with E-state index in [9.17, 15) is 9.90 Å². The van der Waals surface area contributed by atoms with Crippen LogP contribution in [0.25, 0.3) is 0 Å². The summed E-state index contributed by atoms with van der Waals surface area (Å²) in [5, 5.41) is 12.7. The molecule has 0 spiro atoms. The summed E-state index contributed by atoms with van der Waals surface area (Å²) in [6.07, 6.45) is 1.58. The normalized spacial score (nSPS) is 19.8. The third-order valence-corrected chi connectivity index (χ3v) is 4.17. The van der Waals surface area contributed by atoms with Gasteiger partial charge < -0.3 is 20.1 Å². The highest BCUT2D eigenvalue weighted by molar-refractivity contribution is 5.74. The lowest BCUT2D eigenvalue weighted by molar-refractivity contribution is 0.0738.